The molecule has 1 amide bonds. The van der Waals surface area contributed by atoms with E-state index in [-0.39, 0.29) is 17.5 Å². The fourth-order valence-electron chi connectivity index (χ4n) is 3.34. The highest BCUT2D eigenvalue weighted by atomic mass is 19.1. The predicted molar refractivity (Wildman–Crippen MR) is 121 cm³/mol. The zero-order chi connectivity index (χ0) is 22.0. The van der Waals surface area contributed by atoms with Gasteiger partial charge in [-0.3, -0.25) is 4.79 Å². The Labute approximate surface area is 180 Å². The first kappa shape index (κ1) is 20.4. The predicted octanol–water partition coefficient (Wildman–Crippen LogP) is 6.03. The number of ether oxygens (including phenoxy) is 1. The number of rotatable bonds is 4. The van der Waals surface area contributed by atoms with Gasteiger partial charge < -0.3 is 15.2 Å². The van der Waals surface area contributed by atoms with Crippen LogP contribution in [0, 0.1) is 5.82 Å². The molecule has 4 nitrogen and oxygen atoms in total. The van der Waals surface area contributed by atoms with Gasteiger partial charge >= 0.3 is 0 Å². The number of halogens is 1. The third-order valence-corrected chi connectivity index (χ3v) is 4.89. The van der Waals surface area contributed by atoms with Gasteiger partial charge in [-0.2, -0.15) is 0 Å². The molecule has 0 radical (unpaired) electrons. The van der Waals surface area contributed by atoms with E-state index in [9.17, 15) is 14.3 Å². The van der Waals surface area contributed by atoms with Crippen molar-refractivity contribution >= 4 is 23.7 Å². The summed E-state index contributed by atoms with van der Waals surface area (Å²) in [5, 5.41) is 12.1. The third-order valence-electron chi connectivity index (χ3n) is 4.89. The van der Waals surface area contributed by atoms with Crippen LogP contribution in [0.4, 0.5) is 10.1 Å². The normalized spacial score (nSPS) is 14.2. The van der Waals surface area contributed by atoms with Crippen LogP contribution in [0.1, 0.15) is 25.0 Å². The van der Waals surface area contributed by atoms with Crippen molar-refractivity contribution in [2.45, 2.75) is 19.4 Å². The summed E-state index contributed by atoms with van der Waals surface area (Å²) in [6.07, 6.45) is 7.14. The van der Waals surface area contributed by atoms with Crippen LogP contribution >= 0.6 is 0 Å². The van der Waals surface area contributed by atoms with Gasteiger partial charge in [0, 0.05) is 22.9 Å². The lowest BCUT2D eigenvalue weighted by Gasteiger charge is -2.30. The second kappa shape index (κ2) is 8.11. The zero-order valence-corrected chi connectivity index (χ0v) is 17.2. The minimum atomic E-state index is -0.455. The highest BCUT2D eigenvalue weighted by molar-refractivity contribution is 6.02. The van der Waals surface area contributed by atoms with Crippen molar-refractivity contribution in [3.05, 3.63) is 89.8 Å². The summed E-state index contributed by atoms with van der Waals surface area (Å²) >= 11 is 0. The van der Waals surface area contributed by atoms with Gasteiger partial charge in [-0.05, 0) is 85.7 Å². The zero-order valence-electron chi connectivity index (χ0n) is 17.2. The molecule has 1 aliphatic rings. The second-order valence-corrected chi connectivity index (χ2v) is 7.90. The molecule has 0 saturated carbocycles. The smallest absolute Gasteiger partial charge is 0.248 e. The molecule has 4 rings (SSSR count). The Morgan fingerprint density at radius 1 is 1.06 bits per heavy atom. The Bertz CT molecular complexity index is 1180. The lowest BCUT2D eigenvalue weighted by atomic mass is 9.94. The molecule has 1 heterocycles. The Hall–Kier alpha value is -3.86. The highest BCUT2D eigenvalue weighted by Crippen LogP contribution is 2.40. The van der Waals surface area contributed by atoms with E-state index in [0.717, 1.165) is 28.0 Å². The van der Waals surface area contributed by atoms with Gasteiger partial charge in [0.25, 0.3) is 0 Å². The van der Waals surface area contributed by atoms with Crippen molar-refractivity contribution in [2.75, 3.05) is 5.32 Å². The number of anilines is 1. The molecular formula is C26H22FNO3. The van der Waals surface area contributed by atoms with E-state index in [1.165, 1.54) is 30.3 Å². The number of phenolic OH excluding ortho intramolecular Hbond substituents is 1. The van der Waals surface area contributed by atoms with E-state index in [1.54, 1.807) is 30.3 Å². The van der Waals surface area contributed by atoms with Gasteiger partial charge in [0.05, 0.1) is 0 Å². The first-order chi connectivity index (χ1) is 14.8. The minimum Gasteiger partial charge on any atom is -0.508 e. The van der Waals surface area contributed by atoms with Crippen molar-refractivity contribution in [1.29, 1.82) is 0 Å². The van der Waals surface area contributed by atoms with Crippen LogP contribution in [0.3, 0.4) is 0 Å². The number of phenols is 1. The van der Waals surface area contributed by atoms with Crippen molar-refractivity contribution in [1.82, 2.24) is 0 Å². The fourth-order valence-corrected chi connectivity index (χ4v) is 3.34. The summed E-state index contributed by atoms with van der Waals surface area (Å²) in [6, 6.07) is 16.4. The second-order valence-electron chi connectivity index (χ2n) is 7.90. The quantitative estimate of drug-likeness (QED) is 0.404. The molecule has 0 aromatic heterocycles. The maximum atomic E-state index is 13.4. The minimum absolute atomic E-state index is 0.134. The number of hydrogen-bond acceptors (Lipinski definition) is 3. The Morgan fingerprint density at radius 2 is 1.77 bits per heavy atom. The molecule has 156 valence electrons. The molecule has 0 unspecified atom stereocenters. The molecule has 0 spiro atoms. The van der Waals surface area contributed by atoms with Crippen LogP contribution in [-0.2, 0) is 4.79 Å². The van der Waals surface area contributed by atoms with E-state index >= 15 is 0 Å². The summed E-state index contributed by atoms with van der Waals surface area (Å²) in [4.78, 5) is 12.3. The number of fused-ring (bicyclic) bond motifs is 1. The lowest BCUT2D eigenvalue weighted by molar-refractivity contribution is -0.111. The first-order valence-electron chi connectivity index (χ1n) is 9.89. The number of carbonyl (C=O) groups excluding carboxylic acids is 1. The molecule has 0 saturated heterocycles. The van der Waals surface area contributed by atoms with Crippen molar-refractivity contribution in [3.63, 3.8) is 0 Å². The van der Waals surface area contributed by atoms with Crippen LogP contribution in [0.15, 0.2) is 72.8 Å². The topological polar surface area (TPSA) is 58.6 Å². The van der Waals surface area contributed by atoms with E-state index < -0.39 is 5.60 Å². The van der Waals surface area contributed by atoms with Gasteiger partial charge in [0.1, 0.15) is 22.9 Å². The summed E-state index contributed by atoms with van der Waals surface area (Å²) in [5.41, 5.74) is 3.49. The number of benzene rings is 3. The maximum Gasteiger partial charge on any atom is 0.248 e. The van der Waals surface area contributed by atoms with Crippen LogP contribution in [0.5, 0.6) is 11.5 Å². The molecule has 0 atom stereocenters. The van der Waals surface area contributed by atoms with Gasteiger partial charge in [-0.25, -0.2) is 4.39 Å². The molecule has 5 heteroatoms. The Kier molecular flexibility index (Phi) is 5.34. The fraction of sp³-hybridized carbons (Fsp3) is 0.115. The molecule has 3 aromatic rings. The molecule has 0 aliphatic carbocycles. The number of carbonyl (C=O) groups is 1. The summed E-state index contributed by atoms with van der Waals surface area (Å²) in [6.45, 7) is 3.95. The molecule has 0 fully saturated rings. The molecule has 31 heavy (non-hydrogen) atoms. The highest BCUT2D eigenvalue weighted by Gasteiger charge is 2.25. The SMILES string of the molecule is CC1(C)C=Cc2cc(C=CC(=O)Nc3ccc(O)cc3)cc(-c3ccc(F)cc3)c2O1. The number of nitrogens with one attached hydrogen (secondary N) is 1. The number of aromatic hydroxyl groups is 1. The average molecular weight is 415 g/mol. The first-order valence-corrected chi connectivity index (χ1v) is 9.89. The third kappa shape index (κ3) is 4.83. The average Bonchev–Trinajstić information content (AvgIpc) is 2.74. The molecule has 1 aliphatic heterocycles. The summed E-state index contributed by atoms with van der Waals surface area (Å²) in [5.74, 6) is 0.263. The van der Waals surface area contributed by atoms with Crippen LogP contribution in [0.25, 0.3) is 23.3 Å². The van der Waals surface area contributed by atoms with E-state index in [0.29, 0.717) is 5.69 Å². The number of hydrogen-bond donors (Lipinski definition) is 2. The Morgan fingerprint density at radius 3 is 2.48 bits per heavy atom. The van der Waals surface area contributed by atoms with Gasteiger partial charge in [-0.15, -0.1) is 0 Å². The molecule has 3 aromatic carbocycles. The van der Waals surface area contributed by atoms with E-state index in [1.807, 2.05) is 38.1 Å². The van der Waals surface area contributed by atoms with Gasteiger partial charge in [0.15, 0.2) is 0 Å². The van der Waals surface area contributed by atoms with Crippen LogP contribution in [0.2, 0.25) is 0 Å². The Balaban J connectivity index is 1.66. The largest absolute Gasteiger partial charge is 0.508 e. The molecule has 0 bridgehead atoms. The monoisotopic (exact) mass is 415 g/mol. The van der Waals surface area contributed by atoms with E-state index in [2.05, 4.69) is 5.32 Å². The maximum absolute atomic E-state index is 13.4. The van der Waals surface area contributed by atoms with Gasteiger partial charge in [-0.1, -0.05) is 18.2 Å². The van der Waals surface area contributed by atoms with E-state index in [4.69, 9.17) is 4.74 Å². The van der Waals surface area contributed by atoms with Gasteiger partial charge in [0.2, 0.25) is 5.91 Å². The van der Waals surface area contributed by atoms with Crippen LogP contribution in [-0.4, -0.2) is 16.6 Å². The van der Waals surface area contributed by atoms with Crippen molar-refractivity contribution < 1.29 is 19.0 Å². The summed E-state index contributed by atoms with van der Waals surface area (Å²) < 4.78 is 19.6. The summed E-state index contributed by atoms with van der Waals surface area (Å²) in [7, 11) is 0. The molecule has 2 N–H and O–H groups in total. The lowest BCUT2D eigenvalue weighted by Crippen LogP contribution is -2.27. The van der Waals surface area contributed by atoms with Crippen LogP contribution < -0.4 is 10.1 Å². The molecular weight excluding hydrogens is 393 g/mol. The standard InChI is InChI=1S/C26H22FNO3/c1-26(2)14-13-19-15-17(3-12-24(30)28-21-8-10-22(29)11-9-21)16-23(25(19)31-26)18-4-6-20(27)7-5-18/h3-16,29H,1-2H3,(H,28,30). The van der Waals surface area contributed by atoms with Crippen molar-refractivity contribution in [3.8, 4) is 22.6 Å². The van der Waals surface area contributed by atoms with Crippen molar-refractivity contribution in [2.24, 2.45) is 0 Å². The number of amides is 1.